The summed E-state index contributed by atoms with van der Waals surface area (Å²) in [7, 11) is 3.61. The van der Waals surface area contributed by atoms with Gasteiger partial charge in [0, 0.05) is 20.1 Å². The molecule has 1 saturated carbocycles. The number of hydrogen-bond acceptors (Lipinski definition) is 2. The van der Waals surface area contributed by atoms with Crippen LogP contribution in [0.15, 0.2) is 12.2 Å². The molecule has 0 radical (unpaired) electrons. The van der Waals surface area contributed by atoms with Crippen LogP contribution in [0.1, 0.15) is 19.8 Å². The molecule has 4 unspecified atom stereocenters. The van der Waals surface area contributed by atoms with Crippen molar-refractivity contribution in [2.24, 2.45) is 11.8 Å². The van der Waals surface area contributed by atoms with Crippen LogP contribution in [-0.4, -0.2) is 37.0 Å². The number of likely N-dealkylation sites (N-methyl/N-ethyl adjacent to an activating group) is 1. The molecule has 0 aliphatic heterocycles. The first kappa shape index (κ1) is 10.7. The zero-order chi connectivity index (χ0) is 11.0. The molecule has 15 heavy (non-hydrogen) atoms. The van der Waals surface area contributed by atoms with E-state index in [0.717, 1.165) is 5.92 Å². The Kier molecular flexibility index (Phi) is 2.83. The number of rotatable bonds is 3. The van der Waals surface area contributed by atoms with Crippen molar-refractivity contribution in [2.45, 2.75) is 31.8 Å². The Labute approximate surface area is 91.5 Å². The number of amides is 1. The summed E-state index contributed by atoms with van der Waals surface area (Å²) >= 11 is 0. The van der Waals surface area contributed by atoms with Gasteiger partial charge < -0.3 is 10.2 Å². The summed E-state index contributed by atoms with van der Waals surface area (Å²) in [6.07, 6.45) is 7.04. The van der Waals surface area contributed by atoms with E-state index in [1.165, 1.54) is 12.8 Å². The lowest BCUT2D eigenvalue weighted by atomic mass is 9.71. The molecule has 2 aliphatic rings. The third kappa shape index (κ3) is 1.93. The van der Waals surface area contributed by atoms with Gasteiger partial charge in [-0.15, -0.1) is 0 Å². The van der Waals surface area contributed by atoms with Crippen molar-refractivity contribution < 1.29 is 4.79 Å². The topological polar surface area (TPSA) is 32.3 Å². The van der Waals surface area contributed by atoms with Crippen molar-refractivity contribution in [3.8, 4) is 0 Å². The maximum absolute atomic E-state index is 11.7. The Bertz CT molecular complexity index is 285. The first-order valence-corrected chi connectivity index (χ1v) is 5.73. The molecule has 0 bridgehead atoms. The van der Waals surface area contributed by atoms with Gasteiger partial charge in [0.05, 0.1) is 6.04 Å². The van der Waals surface area contributed by atoms with E-state index in [1.807, 2.05) is 6.92 Å². The van der Waals surface area contributed by atoms with Gasteiger partial charge in [-0.2, -0.15) is 0 Å². The van der Waals surface area contributed by atoms with E-state index < -0.39 is 0 Å². The fraction of sp³-hybridized carbons (Fsp3) is 0.750. The number of nitrogens with one attached hydrogen (secondary N) is 1. The Hall–Kier alpha value is -0.830. The average Bonchev–Trinajstić information content (AvgIpc) is 2.54. The van der Waals surface area contributed by atoms with E-state index in [9.17, 15) is 4.79 Å². The summed E-state index contributed by atoms with van der Waals surface area (Å²) < 4.78 is 0. The molecule has 1 fully saturated rings. The lowest BCUT2D eigenvalue weighted by Crippen LogP contribution is -2.54. The number of allylic oxidation sites excluding steroid dienone is 1. The first-order chi connectivity index (χ1) is 7.09. The normalized spacial score (nSPS) is 34.5. The third-order valence-corrected chi connectivity index (χ3v) is 3.64. The Morgan fingerprint density at radius 2 is 2.27 bits per heavy atom. The number of carbonyl (C=O) groups is 1. The molecule has 84 valence electrons. The van der Waals surface area contributed by atoms with E-state index in [4.69, 9.17) is 0 Å². The van der Waals surface area contributed by atoms with Crippen molar-refractivity contribution >= 4 is 5.91 Å². The highest BCUT2D eigenvalue weighted by Crippen LogP contribution is 2.42. The van der Waals surface area contributed by atoms with Gasteiger partial charge in [0.1, 0.15) is 0 Å². The number of nitrogens with zero attached hydrogens (tertiary/aromatic N) is 1. The molecule has 0 saturated heterocycles. The highest BCUT2D eigenvalue weighted by molar-refractivity contribution is 5.80. The molecule has 0 aromatic carbocycles. The minimum absolute atomic E-state index is 0.0556. The second-order valence-corrected chi connectivity index (χ2v) is 4.96. The van der Waals surface area contributed by atoms with Gasteiger partial charge in [0.25, 0.3) is 0 Å². The molecule has 1 N–H and O–H groups in total. The molecule has 3 heteroatoms. The van der Waals surface area contributed by atoms with Crippen LogP contribution in [0.5, 0.6) is 0 Å². The molecule has 3 nitrogen and oxygen atoms in total. The fourth-order valence-electron chi connectivity index (χ4n) is 2.69. The number of hydrogen-bond donors (Lipinski definition) is 1. The van der Waals surface area contributed by atoms with Crippen molar-refractivity contribution in [1.29, 1.82) is 0 Å². The SMILES string of the molecule is CC(NC1CC2CC=CC21)C(=O)N(C)C. The van der Waals surface area contributed by atoms with Gasteiger partial charge in [-0.1, -0.05) is 12.2 Å². The highest BCUT2D eigenvalue weighted by atomic mass is 16.2. The minimum Gasteiger partial charge on any atom is -0.347 e. The monoisotopic (exact) mass is 208 g/mol. The predicted octanol–water partition coefficient (Wildman–Crippen LogP) is 1.02. The summed E-state index contributed by atoms with van der Waals surface area (Å²) in [5, 5.41) is 3.43. The Morgan fingerprint density at radius 1 is 1.53 bits per heavy atom. The number of carbonyl (C=O) groups excluding carboxylic acids is 1. The van der Waals surface area contributed by atoms with Crippen LogP contribution in [0, 0.1) is 11.8 Å². The first-order valence-electron chi connectivity index (χ1n) is 5.73. The lowest BCUT2D eigenvalue weighted by Gasteiger charge is -2.42. The van der Waals surface area contributed by atoms with Crippen LogP contribution in [-0.2, 0) is 4.79 Å². The van der Waals surface area contributed by atoms with Crippen molar-refractivity contribution in [2.75, 3.05) is 14.1 Å². The molecule has 0 aromatic rings. The molecule has 2 rings (SSSR count). The van der Waals surface area contributed by atoms with Gasteiger partial charge in [-0.25, -0.2) is 0 Å². The van der Waals surface area contributed by atoms with Gasteiger partial charge in [-0.05, 0) is 31.6 Å². The van der Waals surface area contributed by atoms with E-state index in [1.54, 1.807) is 19.0 Å². The predicted molar refractivity (Wildman–Crippen MR) is 60.4 cm³/mol. The molecule has 1 amide bonds. The van der Waals surface area contributed by atoms with Crippen molar-refractivity contribution in [3.05, 3.63) is 12.2 Å². The van der Waals surface area contributed by atoms with Gasteiger partial charge in [0.15, 0.2) is 0 Å². The third-order valence-electron chi connectivity index (χ3n) is 3.64. The molecule has 0 spiro atoms. The van der Waals surface area contributed by atoms with Crippen LogP contribution >= 0.6 is 0 Å². The molecule has 4 atom stereocenters. The second kappa shape index (κ2) is 3.97. The van der Waals surface area contributed by atoms with E-state index in [0.29, 0.717) is 12.0 Å². The highest BCUT2D eigenvalue weighted by Gasteiger charge is 2.41. The summed E-state index contributed by atoms with van der Waals surface area (Å²) in [5.41, 5.74) is 0. The van der Waals surface area contributed by atoms with Crippen molar-refractivity contribution in [3.63, 3.8) is 0 Å². The minimum atomic E-state index is -0.0556. The Balaban J connectivity index is 1.83. The summed E-state index contributed by atoms with van der Waals surface area (Å²) in [5.74, 6) is 1.70. The maximum atomic E-state index is 11.7. The summed E-state index contributed by atoms with van der Waals surface area (Å²) in [6.45, 7) is 1.95. The maximum Gasteiger partial charge on any atom is 0.238 e. The second-order valence-electron chi connectivity index (χ2n) is 4.96. The largest absolute Gasteiger partial charge is 0.347 e. The van der Waals surface area contributed by atoms with Gasteiger partial charge >= 0.3 is 0 Å². The average molecular weight is 208 g/mol. The van der Waals surface area contributed by atoms with E-state index in [2.05, 4.69) is 17.5 Å². The summed E-state index contributed by atoms with van der Waals surface area (Å²) in [4.78, 5) is 13.3. The zero-order valence-electron chi connectivity index (χ0n) is 9.73. The van der Waals surface area contributed by atoms with Gasteiger partial charge in [0.2, 0.25) is 5.91 Å². The van der Waals surface area contributed by atoms with Crippen molar-refractivity contribution in [1.82, 2.24) is 10.2 Å². The zero-order valence-corrected chi connectivity index (χ0v) is 9.73. The number of fused-ring (bicyclic) bond motifs is 1. The Morgan fingerprint density at radius 3 is 2.87 bits per heavy atom. The van der Waals surface area contributed by atoms with E-state index in [-0.39, 0.29) is 11.9 Å². The summed E-state index contributed by atoms with van der Waals surface area (Å²) in [6, 6.07) is 0.465. The van der Waals surface area contributed by atoms with Crippen LogP contribution in [0.3, 0.4) is 0 Å². The lowest BCUT2D eigenvalue weighted by molar-refractivity contribution is -0.131. The molecule has 2 aliphatic carbocycles. The van der Waals surface area contributed by atoms with Crippen LogP contribution in [0.2, 0.25) is 0 Å². The quantitative estimate of drug-likeness (QED) is 0.702. The van der Waals surface area contributed by atoms with Crippen LogP contribution in [0.4, 0.5) is 0 Å². The van der Waals surface area contributed by atoms with Crippen LogP contribution < -0.4 is 5.32 Å². The van der Waals surface area contributed by atoms with E-state index >= 15 is 0 Å². The van der Waals surface area contributed by atoms with Gasteiger partial charge in [-0.3, -0.25) is 4.79 Å². The smallest absolute Gasteiger partial charge is 0.238 e. The molecule has 0 aromatic heterocycles. The van der Waals surface area contributed by atoms with Crippen LogP contribution in [0.25, 0.3) is 0 Å². The molecular weight excluding hydrogens is 188 g/mol. The molecule has 0 heterocycles. The fourth-order valence-corrected chi connectivity index (χ4v) is 2.69. The molecular formula is C12H20N2O. The standard InChI is InChI=1S/C12H20N2O/c1-8(12(15)14(2)3)13-11-7-9-5-4-6-10(9)11/h4,6,8-11,13H,5,7H2,1-3H3.